The van der Waals surface area contributed by atoms with Crippen LogP contribution in [0.2, 0.25) is 0 Å². The van der Waals surface area contributed by atoms with Gasteiger partial charge in [0.15, 0.2) is 5.11 Å². The van der Waals surface area contributed by atoms with Crippen LogP contribution in [0.3, 0.4) is 0 Å². The summed E-state index contributed by atoms with van der Waals surface area (Å²) in [6, 6.07) is 4.24. The number of thiocarbonyl (C=S) groups is 1. The Bertz CT molecular complexity index is 1100. The lowest BCUT2D eigenvalue weighted by atomic mass is 9.97. The molecule has 0 unspecified atom stereocenters. The van der Waals surface area contributed by atoms with Gasteiger partial charge >= 0.3 is 12.1 Å². The Labute approximate surface area is 186 Å². The number of H-pyrrole nitrogens is 1. The number of aromatic nitrogens is 2. The summed E-state index contributed by atoms with van der Waals surface area (Å²) in [4.78, 5) is 25.7. The Morgan fingerprint density at radius 1 is 1.25 bits per heavy atom. The van der Waals surface area contributed by atoms with Gasteiger partial charge in [-0.15, -0.1) is 0 Å². The number of carbonyl (C=O) groups is 1. The summed E-state index contributed by atoms with van der Waals surface area (Å²) in [6.45, 7) is 4.24. The Kier molecular flexibility index (Phi) is 6.72. The first-order chi connectivity index (χ1) is 15.0. The largest absolute Gasteiger partial charge is 0.481 e. The summed E-state index contributed by atoms with van der Waals surface area (Å²) in [5.74, 6) is -1.20. The van der Waals surface area contributed by atoms with Gasteiger partial charge in [0.1, 0.15) is 0 Å². The average molecular weight is 469 g/mol. The van der Waals surface area contributed by atoms with Crippen LogP contribution in [0.15, 0.2) is 34.2 Å². The minimum absolute atomic E-state index is 0.259. The number of halogens is 3. The SMILES string of the molecule is C/C(=N/NC(=S)N1CCC(C(=O)O)CC1)c1c(C)[nH]n(-c2ccc(C(F)(F)F)cc2)c1=O. The molecule has 1 aromatic heterocycles. The van der Waals surface area contributed by atoms with Crippen LogP contribution in [-0.4, -0.2) is 49.7 Å². The second-order valence-electron chi connectivity index (χ2n) is 7.51. The van der Waals surface area contributed by atoms with E-state index < -0.39 is 23.3 Å². The van der Waals surface area contributed by atoms with Crippen LogP contribution < -0.4 is 11.0 Å². The van der Waals surface area contributed by atoms with Crippen LogP contribution >= 0.6 is 12.2 Å². The third kappa shape index (κ3) is 5.01. The maximum Gasteiger partial charge on any atom is 0.416 e. The van der Waals surface area contributed by atoms with Crippen LogP contribution in [0.25, 0.3) is 5.69 Å². The molecule has 8 nitrogen and oxygen atoms in total. The molecule has 1 aliphatic heterocycles. The Morgan fingerprint density at radius 3 is 2.38 bits per heavy atom. The molecule has 0 spiro atoms. The second-order valence-corrected chi connectivity index (χ2v) is 7.90. The molecule has 2 heterocycles. The van der Waals surface area contributed by atoms with Gasteiger partial charge in [-0.2, -0.15) is 18.3 Å². The Hall–Kier alpha value is -3.15. The number of benzene rings is 1. The standard InChI is InChI=1S/C20H22F3N5O3S/c1-11(24-25-19(32)27-9-7-13(8-10-27)18(30)31)16-12(2)26-28(17(16)29)15-5-3-14(4-6-15)20(21,22)23/h3-6,13,26H,7-10H2,1-2H3,(H,25,32)(H,30,31)/b24-11-. The number of likely N-dealkylation sites (tertiary alicyclic amines) is 1. The summed E-state index contributed by atoms with van der Waals surface area (Å²) >= 11 is 5.31. The van der Waals surface area contributed by atoms with E-state index in [1.54, 1.807) is 13.8 Å². The Balaban J connectivity index is 1.74. The summed E-state index contributed by atoms with van der Waals surface area (Å²) in [5, 5.41) is 16.4. The highest BCUT2D eigenvalue weighted by Crippen LogP contribution is 2.29. The molecule has 32 heavy (non-hydrogen) atoms. The minimum atomic E-state index is -4.46. The average Bonchev–Trinajstić information content (AvgIpc) is 3.05. The number of carboxylic acid groups (broad SMARTS) is 1. The molecule has 1 saturated heterocycles. The van der Waals surface area contributed by atoms with Gasteiger partial charge in [0, 0.05) is 18.8 Å². The quantitative estimate of drug-likeness (QED) is 0.362. The van der Waals surface area contributed by atoms with E-state index in [4.69, 9.17) is 17.3 Å². The van der Waals surface area contributed by atoms with E-state index in [-0.39, 0.29) is 17.2 Å². The third-order valence-corrected chi connectivity index (χ3v) is 5.69. The highest BCUT2D eigenvalue weighted by molar-refractivity contribution is 7.80. The van der Waals surface area contributed by atoms with Crippen molar-refractivity contribution in [3.8, 4) is 5.69 Å². The Morgan fingerprint density at radius 2 is 1.84 bits per heavy atom. The summed E-state index contributed by atoms with van der Waals surface area (Å²) in [6.07, 6.45) is -3.50. The highest BCUT2D eigenvalue weighted by atomic mass is 32.1. The van der Waals surface area contributed by atoms with E-state index in [9.17, 15) is 22.8 Å². The van der Waals surface area contributed by atoms with Crippen molar-refractivity contribution in [1.29, 1.82) is 0 Å². The van der Waals surface area contributed by atoms with Gasteiger partial charge in [0.25, 0.3) is 5.56 Å². The monoisotopic (exact) mass is 469 g/mol. The van der Waals surface area contributed by atoms with E-state index in [0.29, 0.717) is 42.4 Å². The number of alkyl halides is 3. The predicted octanol–water partition coefficient (Wildman–Crippen LogP) is 2.89. The van der Waals surface area contributed by atoms with Gasteiger partial charge in [-0.25, -0.2) is 4.68 Å². The normalized spacial score (nSPS) is 15.7. The van der Waals surface area contributed by atoms with E-state index >= 15 is 0 Å². The number of aromatic amines is 1. The molecule has 3 N–H and O–H groups in total. The fourth-order valence-corrected chi connectivity index (χ4v) is 3.77. The molecule has 1 aliphatic rings. The first-order valence-corrected chi connectivity index (χ1v) is 10.2. The first kappa shape index (κ1) is 23.5. The van der Waals surface area contributed by atoms with Crippen molar-refractivity contribution in [3.63, 3.8) is 0 Å². The molecule has 0 saturated carbocycles. The van der Waals surface area contributed by atoms with Crippen LogP contribution in [0.1, 0.15) is 36.6 Å². The summed E-state index contributed by atoms with van der Waals surface area (Å²) in [5.41, 5.74) is 2.83. The molecule has 0 atom stereocenters. The van der Waals surface area contributed by atoms with Crippen LogP contribution in [-0.2, 0) is 11.0 Å². The van der Waals surface area contributed by atoms with Crippen molar-refractivity contribution in [2.45, 2.75) is 32.9 Å². The molecule has 2 aromatic rings. The van der Waals surface area contributed by atoms with E-state index in [0.717, 1.165) is 16.8 Å². The summed E-state index contributed by atoms with van der Waals surface area (Å²) < 4.78 is 39.5. The van der Waals surface area contributed by atoms with Gasteiger partial charge in [0.05, 0.1) is 28.4 Å². The predicted molar refractivity (Wildman–Crippen MR) is 116 cm³/mol. The van der Waals surface area contributed by atoms with Crippen LogP contribution in [0.5, 0.6) is 0 Å². The van der Waals surface area contributed by atoms with Gasteiger partial charge in [-0.3, -0.25) is 20.1 Å². The third-order valence-electron chi connectivity index (χ3n) is 5.34. The fraction of sp³-hybridized carbons (Fsp3) is 0.400. The zero-order valence-electron chi connectivity index (χ0n) is 17.4. The molecule has 0 aliphatic carbocycles. The van der Waals surface area contributed by atoms with E-state index in [2.05, 4.69) is 15.6 Å². The number of aryl methyl sites for hydroxylation is 1. The van der Waals surface area contributed by atoms with E-state index in [1.807, 2.05) is 4.90 Å². The number of nitrogens with one attached hydrogen (secondary N) is 2. The number of hydrogen-bond acceptors (Lipinski definition) is 4. The number of hydrogen-bond donors (Lipinski definition) is 3. The van der Waals surface area contributed by atoms with Crippen LogP contribution in [0.4, 0.5) is 13.2 Å². The maximum atomic E-state index is 12.9. The van der Waals surface area contributed by atoms with Crippen molar-refractivity contribution in [1.82, 2.24) is 20.1 Å². The van der Waals surface area contributed by atoms with Gasteiger partial charge in [-0.05, 0) is 63.2 Å². The van der Waals surface area contributed by atoms with Crippen molar-refractivity contribution < 1.29 is 23.1 Å². The van der Waals surface area contributed by atoms with Gasteiger partial charge in [0.2, 0.25) is 0 Å². The number of piperidine rings is 1. The smallest absolute Gasteiger partial charge is 0.416 e. The molecule has 0 amide bonds. The molecular formula is C20H22F3N5O3S. The van der Waals surface area contributed by atoms with Gasteiger partial charge < -0.3 is 10.0 Å². The molecule has 0 radical (unpaired) electrons. The van der Waals surface area contributed by atoms with Crippen molar-refractivity contribution in [2.24, 2.45) is 11.0 Å². The van der Waals surface area contributed by atoms with Crippen LogP contribution in [0, 0.1) is 12.8 Å². The molecule has 1 fully saturated rings. The number of rotatable bonds is 4. The van der Waals surface area contributed by atoms with Crippen molar-refractivity contribution >= 4 is 29.0 Å². The number of carboxylic acids is 1. The first-order valence-electron chi connectivity index (χ1n) is 9.80. The zero-order chi connectivity index (χ0) is 23.6. The topological polar surface area (TPSA) is 103 Å². The van der Waals surface area contributed by atoms with Gasteiger partial charge in [-0.1, -0.05) is 0 Å². The number of aliphatic carboxylic acids is 1. The summed E-state index contributed by atoms with van der Waals surface area (Å²) in [7, 11) is 0. The maximum absolute atomic E-state index is 12.9. The lowest BCUT2D eigenvalue weighted by Gasteiger charge is -2.31. The molecule has 12 heteroatoms. The molecule has 0 bridgehead atoms. The number of nitrogens with zero attached hydrogens (tertiary/aromatic N) is 3. The molecule has 1 aromatic carbocycles. The lowest BCUT2D eigenvalue weighted by Crippen LogP contribution is -2.44. The number of hydrazone groups is 1. The molecular weight excluding hydrogens is 447 g/mol. The molecule has 172 valence electrons. The lowest BCUT2D eigenvalue weighted by molar-refractivity contribution is -0.143. The highest BCUT2D eigenvalue weighted by Gasteiger charge is 2.30. The minimum Gasteiger partial charge on any atom is -0.481 e. The zero-order valence-corrected chi connectivity index (χ0v) is 18.2. The van der Waals surface area contributed by atoms with E-state index in [1.165, 1.54) is 12.1 Å². The van der Waals surface area contributed by atoms with Crippen molar-refractivity contribution in [2.75, 3.05) is 13.1 Å². The van der Waals surface area contributed by atoms with Crippen molar-refractivity contribution in [3.05, 3.63) is 51.4 Å². The molecule has 3 rings (SSSR count). The second kappa shape index (κ2) is 9.15. The fourth-order valence-electron chi connectivity index (χ4n) is 3.54.